The zero-order chi connectivity index (χ0) is 10.8. The molecule has 2 aromatic rings. The highest BCUT2D eigenvalue weighted by Crippen LogP contribution is 2.23. The average Bonchev–Trinajstić information content (AvgIpc) is 2.31. The number of fused-ring (bicyclic) bond motifs is 1. The molecule has 74 valence electrons. The Balaban J connectivity index is 1.90. The molecule has 0 atom stereocenters. The zero-order valence-corrected chi connectivity index (χ0v) is 8.77. The quantitative estimate of drug-likeness (QED) is 0.489. The Kier molecular flexibility index (Phi) is 2.09. The molecule has 3 rings (SSSR count). The van der Waals surface area contributed by atoms with Crippen LogP contribution in [0.15, 0.2) is 48.5 Å². The Bertz CT molecular complexity index is 607. The van der Waals surface area contributed by atoms with Crippen molar-refractivity contribution >= 4 is 12.2 Å². The van der Waals surface area contributed by atoms with Gasteiger partial charge in [0.15, 0.2) is 0 Å². The standard InChI is InChI=1S/C16H10/c1-2-4-13(5-3-1)6-7-14-8-9-15-10-11-16(15)12-14/h1-5,8-12H. The first-order valence-electron chi connectivity index (χ1n) is 5.31. The van der Waals surface area contributed by atoms with Crippen molar-refractivity contribution in [3.8, 4) is 11.8 Å². The monoisotopic (exact) mass is 202 g/mol. The molecule has 0 heterocycles. The fraction of sp³-hybridized carbons (Fsp3) is 0. The maximum Gasteiger partial charge on any atom is 0.0255 e. The van der Waals surface area contributed by atoms with Crippen LogP contribution >= 0.6 is 0 Å². The second kappa shape index (κ2) is 3.72. The van der Waals surface area contributed by atoms with Gasteiger partial charge in [-0.15, -0.1) is 0 Å². The first-order chi connectivity index (χ1) is 7.92. The van der Waals surface area contributed by atoms with E-state index in [2.05, 4.69) is 42.2 Å². The summed E-state index contributed by atoms with van der Waals surface area (Å²) in [4.78, 5) is 0. The molecule has 0 aliphatic heterocycles. The van der Waals surface area contributed by atoms with Crippen LogP contribution < -0.4 is 0 Å². The molecule has 0 N–H and O–H groups in total. The van der Waals surface area contributed by atoms with Crippen LogP contribution in [0.1, 0.15) is 22.3 Å². The lowest BCUT2D eigenvalue weighted by Crippen LogP contribution is -1.89. The first kappa shape index (κ1) is 9.00. The Morgan fingerprint density at radius 1 is 0.625 bits per heavy atom. The minimum atomic E-state index is 1.06. The summed E-state index contributed by atoms with van der Waals surface area (Å²) in [6.07, 6.45) is 4.23. The fourth-order valence-electron chi connectivity index (χ4n) is 1.70. The molecular weight excluding hydrogens is 192 g/mol. The molecule has 0 bridgehead atoms. The van der Waals surface area contributed by atoms with E-state index in [0.717, 1.165) is 11.1 Å². The third-order valence-corrected chi connectivity index (χ3v) is 2.65. The molecular formula is C16H10. The van der Waals surface area contributed by atoms with Crippen LogP contribution in [0, 0.1) is 11.8 Å². The second-order valence-corrected chi connectivity index (χ2v) is 3.79. The summed E-state index contributed by atoms with van der Waals surface area (Å²) in [7, 11) is 0. The average molecular weight is 202 g/mol. The molecule has 1 aliphatic carbocycles. The highest BCUT2D eigenvalue weighted by Gasteiger charge is 2.03. The van der Waals surface area contributed by atoms with E-state index in [-0.39, 0.29) is 0 Å². The van der Waals surface area contributed by atoms with Gasteiger partial charge in [0.05, 0.1) is 0 Å². The maximum absolute atomic E-state index is 3.18. The van der Waals surface area contributed by atoms with Crippen LogP contribution in [0.5, 0.6) is 0 Å². The second-order valence-electron chi connectivity index (χ2n) is 3.79. The van der Waals surface area contributed by atoms with Crippen LogP contribution in [0.4, 0.5) is 0 Å². The molecule has 0 saturated heterocycles. The third-order valence-electron chi connectivity index (χ3n) is 2.65. The lowest BCUT2D eigenvalue weighted by Gasteiger charge is -2.09. The van der Waals surface area contributed by atoms with Crippen LogP contribution in [-0.2, 0) is 0 Å². The van der Waals surface area contributed by atoms with Gasteiger partial charge in [-0.3, -0.25) is 0 Å². The van der Waals surface area contributed by atoms with Gasteiger partial charge >= 0.3 is 0 Å². The smallest absolute Gasteiger partial charge is 0.0255 e. The molecule has 0 heteroatoms. The minimum Gasteiger partial charge on any atom is -0.0622 e. The van der Waals surface area contributed by atoms with Gasteiger partial charge in [0, 0.05) is 11.1 Å². The van der Waals surface area contributed by atoms with Gasteiger partial charge in [-0.25, -0.2) is 0 Å². The topological polar surface area (TPSA) is 0 Å². The van der Waals surface area contributed by atoms with E-state index in [4.69, 9.17) is 0 Å². The number of benzene rings is 2. The molecule has 0 amide bonds. The van der Waals surface area contributed by atoms with E-state index in [0.29, 0.717) is 0 Å². The molecule has 0 radical (unpaired) electrons. The van der Waals surface area contributed by atoms with Crippen molar-refractivity contribution in [1.29, 1.82) is 0 Å². The number of rotatable bonds is 0. The van der Waals surface area contributed by atoms with Gasteiger partial charge in [0.2, 0.25) is 0 Å². The van der Waals surface area contributed by atoms with Crippen LogP contribution in [0.3, 0.4) is 0 Å². The van der Waals surface area contributed by atoms with Crippen molar-refractivity contribution < 1.29 is 0 Å². The van der Waals surface area contributed by atoms with E-state index in [9.17, 15) is 0 Å². The SMILES string of the molecule is C(#Cc1ccc2c(c1)C=C2)c1ccccc1. The van der Waals surface area contributed by atoms with Crippen molar-refractivity contribution in [2.75, 3.05) is 0 Å². The molecule has 16 heavy (non-hydrogen) atoms. The van der Waals surface area contributed by atoms with E-state index in [1.807, 2.05) is 30.3 Å². The van der Waals surface area contributed by atoms with Gasteiger partial charge in [-0.2, -0.15) is 0 Å². The van der Waals surface area contributed by atoms with Crippen molar-refractivity contribution in [3.63, 3.8) is 0 Å². The third kappa shape index (κ3) is 1.64. The van der Waals surface area contributed by atoms with Crippen molar-refractivity contribution in [2.45, 2.75) is 0 Å². The molecule has 0 saturated carbocycles. The molecule has 0 nitrogen and oxygen atoms in total. The van der Waals surface area contributed by atoms with Crippen LogP contribution in [0.25, 0.3) is 12.2 Å². The van der Waals surface area contributed by atoms with E-state index in [1.54, 1.807) is 0 Å². The van der Waals surface area contributed by atoms with Gasteiger partial charge in [-0.05, 0) is 35.4 Å². The summed E-state index contributed by atoms with van der Waals surface area (Å²) in [5.41, 5.74) is 4.73. The molecule has 0 unspecified atom stereocenters. The van der Waals surface area contributed by atoms with Crippen molar-refractivity contribution in [3.05, 3.63) is 70.8 Å². The van der Waals surface area contributed by atoms with Crippen molar-refractivity contribution in [2.24, 2.45) is 0 Å². The molecule has 0 fully saturated rings. The highest BCUT2D eigenvalue weighted by atomic mass is 14.1. The summed E-state index contributed by atoms with van der Waals surface area (Å²) in [5.74, 6) is 6.34. The first-order valence-corrected chi connectivity index (χ1v) is 5.31. The summed E-state index contributed by atoms with van der Waals surface area (Å²) in [6, 6.07) is 16.4. The number of hydrogen-bond donors (Lipinski definition) is 0. The summed E-state index contributed by atoms with van der Waals surface area (Å²) < 4.78 is 0. The number of hydrogen-bond acceptors (Lipinski definition) is 0. The largest absolute Gasteiger partial charge is 0.0622 e. The summed E-state index contributed by atoms with van der Waals surface area (Å²) >= 11 is 0. The maximum atomic E-state index is 3.18. The van der Waals surface area contributed by atoms with Crippen molar-refractivity contribution in [1.82, 2.24) is 0 Å². The Morgan fingerprint density at radius 3 is 2.06 bits per heavy atom. The van der Waals surface area contributed by atoms with Gasteiger partial charge in [0.1, 0.15) is 0 Å². The predicted octanol–water partition coefficient (Wildman–Crippen LogP) is 3.57. The Morgan fingerprint density at radius 2 is 1.38 bits per heavy atom. The van der Waals surface area contributed by atoms with E-state index in [1.165, 1.54) is 11.1 Å². The molecule has 1 aliphatic rings. The molecule has 2 aromatic carbocycles. The van der Waals surface area contributed by atoms with Gasteiger partial charge in [-0.1, -0.05) is 48.3 Å². The van der Waals surface area contributed by atoms with Crippen LogP contribution in [-0.4, -0.2) is 0 Å². The lowest BCUT2D eigenvalue weighted by atomic mass is 9.96. The summed E-state index contributed by atoms with van der Waals surface area (Å²) in [5, 5.41) is 0. The lowest BCUT2D eigenvalue weighted by molar-refractivity contribution is 1.54. The highest BCUT2D eigenvalue weighted by molar-refractivity contribution is 5.86. The van der Waals surface area contributed by atoms with Crippen LogP contribution in [0.2, 0.25) is 0 Å². The van der Waals surface area contributed by atoms with Gasteiger partial charge < -0.3 is 0 Å². The molecule has 0 aromatic heterocycles. The predicted molar refractivity (Wildman–Crippen MR) is 67.8 cm³/mol. The molecule has 0 spiro atoms. The van der Waals surface area contributed by atoms with E-state index < -0.39 is 0 Å². The summed E-state index contributed by atoms with van der Waals surface area (Å²) in [6.45, 7) is 0. The Hall–Kier alpha value is -2.26. The Labute approximate surface area is 95.3 Å². The van der Waals surface area contributed by atoms with E-state index >= 15 is 0 Å². The van der Waals surface area contributed by atoms with Gasteiger partial charge in [0.25, 0.3) is 0 Å². The zero-order valence-electron chi connectivity index (χ0n) is 8.77. The fourth-order valence-corrected chi connectivity index (χ4v) is 1.70. The minimum absolute atomic E-state index is 1.06. The normalized spacial score (nSPS) is 11.0.